The van der Waals surface area contributed by atoms with Gasteiger partial charge >= 0.3 is 5.97 Å². The average molecular weight is 439 g/mol. The molecule has 156 valence electrons. The Balaban J connectivity index is 1.98. The maximum Gasteiger partial charge on any atom is 0.337 e. The van der Waals surface area contributed by atoms with Gasteiger partial charge in [-0.15, -0.1) is 0 Å². The zero-order valence-corrected chi connectivity index (χ0v) is 18.0. The van der Waals surface area contributed by atoms with Crippen LogP contribution in [0.3, 0.4) is 0 Å². The van der Waals surface area contributed by atoms with Gasteiger partial charge in [0.2, 0.25) is 15.9 Å². The van der Waals surface area contributed by atoms with Crippen LogP contribution in [-0.2, 0) is 19.6 Å². The van der Waals surface area contributed by atoms with Crippen LogP contribution in [-0.4, -0.2) is 40.2 Å². The summed E-state index contributed by atoms with van der Waals surface area (Å²) in [4.78, 5) is 23.6. The molecule has 0 aliphatic rings. The second-order valence-electron chi connectivity index (χ2n) is 6.49. The maximum absolute atomic E-state index is 12.2. The predicted molar refractivity (Wildman–Crippen MR) is 114 cm³/mol. The molecule has 0 saturated carbocycles. The molecule has 0 aliphatic carbocycles. The molecule has 1 amide bonds. The number of ether oxygens (including phenoxy) is 1. The van der Waals surface area contributed by atoms with E-state index in [0.29, 0.717) is 28.4 Å². The molecule has 0 fully saturated rings. The van der Waals surface area contributed by atoms with E-state index in [1.807, 2.05) is 0 Å². The molecule has 29 heavy (non-hydrogen) atoms. The minimum absolute atomic E-state index is 0.129. The van der Waals surface area contributed by atoms with Gasteiger partial charge in [-0.25, -0.2) is 13.2 Å². The van der Waals surface area contributed by atoms with Crippen LogP contribution in [0.1, 0.15) is 28.8 Å². The zero-order chi connectivity index (χ0) is 21.6. The summed E-state index contributed by atoms with van der Waals surface area (Å²) in [7, 11) is -2.24. The summed E-state index contributed by atoms with van der Waals surface area (Å²) in [5.74, 6) is -0.716. The van der Waals surface area contributed by atoms with Gasteiger partial charge in [0.25, 0.3) is 0 Å². The van der Waals surface area contributed by atoms with Gasteiger partial charge in [-0.3, -0.25) is 9.10 Å². The lowest BCUT2D eigenvalue weighted by Gasteiger charge is -2.24. The van der Waals surface area contributed by atoms with Crippen LogP contribution < -0.4 is 9.62 Å². The van der Waals surface area contributed by atoms with Crippen molar-refractivity contribution in [2.75, 3.05) is 29.5 Å². The SMILES string of the molecule is COC(=O)c1ccc(NC(=O)CCCN(c2cc(Cl)ccc2C)S(C)(=O)=O)cc1. The average Bonchev–Trinajstić information content (AvgIpc) is 2.66. The Hall–Kier alpha value is -2.58. The number of esters is 1. The molecular formula is C20H23ClN2O5S. The summed E-state index contributed by atoms with van der Waals surface area (Å²) in [6.45, 7) is 1.95. The van der Waals surface area contributed by atoms with Crippen LogP contribution in [0.25, 0.3) is 0 Å². The number of sulfonamides is 1. The molecule has 0 aliphatic heterocycles. The Morgan fingerprint density at radius 1 is 1.14 bits per heavy atom. The van der Waals surface area contributed by atoms with Crippen LogP contribution >= 0.6 is 11.6 Å². The number of nitrogens with one attached hydrogen (secondary N) is 1. The third-order valence-electron chi connectivity index (χ3n) is 4.20. The first-order valence-corrected chi connectivity index (χ1v) is 11.1. The van der Waals surface area contributed by atoms with E-state index < -0.39 is 16.0 Å². The Bertz CT molecular complexity index is 990. The number of hydrogen-bond acceptors (Lipinski definition) is 5. The molecule has 2 aromatic carbocycles. The second-order valence-corrected chi connectivity index (χ2v) is 8.83. The molecule has 9 heteroatoms. The number of carbonyl (C=O) groups excluding carboxylic acids is 2. The van der Waals surface area contributed by atoms with E-state index in [9.17, 15) is 18.0 Å². The Labute approximate surface area is 175 Å². The summed E-state index contributed by atoms with van der Waals surface area (Å²) in [5.41, 5.74) is 2.19. The lowest BCUT2D eigenvalue weighted by molar-refractivity contribution is -0.116. The van der Waals surface area contributed by atoms with Gasteiger partial charge in [-0.2, -0.15) is 0 Å². The van der Waals surface area contributed by atoms with Gasteiger partial charge in [-0.05, 0) is 55.3 Å². The van der Waals surface area contributed by atoms with Gasteiger partial charge < -0.3 is 10.1 Å². The fraction of sp³-hybridized carbons (Fsp3) is 0.300. The van der Waals surface area contributed by atoms with Gasteiger partial charge in [-0.1, -0.05) is 17.7 Å². The molecule has 1 N–H and O–H groups in total. The lowest BCUT2D eigenvalue weighted by atomic mass is 10.2. The van der Waals surface area contributed by atoms with Gasteiger partial charge in [0.15, 0.2) is 0 Å². The number of halogens is 1. The van der Waals surface area contributed by atoms with Gasteiger partial charge in [0, 0.05) is 23.7 Å². The van der Waals surface area contributed by atoms with Gasteiger partial charge in [0.1, 0.15) is 0 Å². The van der Waals surface area contributed by atoms with Crippen LogP contribution in [0, 0.1) is 6.92 Å². The van der Waals surface area contributed by atoms with Crippen molar-refractivity contribution in [3.63, 3.8) is 0 Å². The van der Waals surface area contributed by atoms with Crippen LogP contribution in [0.5, 0.6) is 0 Å². The zero-order valence-electron chi connectivity index (χ0n) is 16.4. The first-order valence-electron chi connectivity index (χ1n) is 8.84. The molecule has 0 radical (unpaired) electrons. The number of hydrogen-bond donors (Lipinski definition) is 1. The molecule has 0 unspecified atom stereocenters. The molecule has 2 aromatic rings. The molecule has 0 atom stereocenters. The predicted octanol–water partition coefficient (Wildman–Crippen LogP) is 3.62. The van der Waals surface area contributed by atoms with E-state index in [4.69, 9.17) is 11.6 Å². The topological polar surface area (TPSA) is 92.8 Å². The number of amides is 1. The first kappa shape index (κ1) is 22.7. The molecular weight excluding hydrogens is 416 g/mol. The van der Waals surface area contributed by atoms with E-state index in [2.05, 4.69) is 10.1 Å². The number of methoxy groups -OCH3 is 1. The van der Waals surface area contributed by atoms with Crippen molar-refractivity contribution in [3.8, 4) is 0 Å². The smallest absolute Gasteiger partial charge is 0.337 e. The fourth-order valence-electron chi connectivity index (χ4n) is 2.73. The first-order chi connectivity index (χ1) is 13.6. The molecule has 2 rings (SSSR count). The second kappa shape index (κ2) is 9.76. The number of carbonyl (C=O) groups is 2. The van der Waals surface area contributed by atoms with Crippen molar-refractivity contribution in [1.29, 1.82) is 0 Å². The highest BCUT2D eigenvalue weighted by Gasteiger charge is 2.19. The van der Waals surface area contributed by atoms with E-state index in [1.54, 1.807) is 49.4 Å². The molecule has 0 aromatic heterocycles. The number of anilines is 2. The van der Waals surface area contributed by atoms with Crippen molar-refractivity contribution in [2.45, 2.75) is 19.8 Å². The normalized spacial score (nSPS) is 11.0. The monoisotopic (exact) mass is 438 g/mol. The molecule has 0 spiro atoms. The van der Waals surface area contributed by atoms with Crippen molar-refractivity contribution in [1.82, 2.24) is 0 Å². The third-order valence-corrected chi connectivity index (χ3v) is 5.61. The number of benzene rings is 2. The molecule has 0 saturated heterocycles. The standard InChI is InChI=1S/C20H23ClN2O5S/c1-14-6-9-16(21)13-18(14)23(29(3,26)27)12-4-5-19(24)22-17-10-7-15(8-11-17)20(25)28-2/h6-11,13H,4-5,12H2,1-3H3,(H,22,24). The molecule has 7 nitrogen and oxygen atoms in total. The van der Waals surface area contributed by atoms with Crippen molar-refractivity contribution in [3.05, 3.63) is 58.6 Å². The Kier molecular flexibility index (Phi) is 7.64. The number of aryl methyl sites for hydroxylation is 1. The van der Waals surface area contributed by atoms with Crippen LogP contribution in [0.4, 0.5) is 11.4 Å². The fourth-order valence-corrected chi connectivity index (χ4v) is 3.91. The number of nitrogens with zero attached hydrogens (tertiary/aromatic N) is 1. The quantitative estimate of drug-likeness (QED) is 0.635. The summed E-state index contributed by atoms with van der Waals surface area (Å²) in [6, 6.07) is 11.3. The van der Waals surface area contributed by atoms with E-state index in [0.717, 1.165) is 11.8 Å². The summed E-state index contributed by atoms with van der Waals surface area (Å²) < 4.78 is 30.3. The van der Waals surface area contributed by atoms with Gasteiger partial charge in [0.05, 0.1) is 24.6 Å². The molecule has 0 heterocycles. The highest BCUT2D eigenvalue weighted by atomic mass is 35.5. The lowest BCUT2D eigenvalue weighted by Crippen LogP contribution is -2.32. The summed E-state index contributed by atoms with van der Waals surface area (Å²) in [6.07, 6.45) is 1.58. The maximum atomic E-state index is 12.2. The van der Waals surface area contributed by atoms with Crippen LogP contribution in [0.15, 0.2) is 42.5 Å². The largest absolute Gasteiger partial charge is 0.465 e. The third kappa shape index (κ3) is 6.47. The molecule has 0 bridgehead atoms. The summed E-state index contributed by atoms with van der Waals surface area (Å²) in [5, 5.41) is 3.16. The van der Waals surface area contributed by atoms with Crippen LogP contribution in [0.2, 0.25) is 5.02 Å². The van der Waals surface area contributed by atoms with Crippen molar-refractivity contribution < 1.29 is 22.7 Å². The Morgan fingerprint density at radius 3 is 2.38 bits per heavy atom. The van der Waals surface area contributed by atoms with E-state index >= 15 is 0 Å². The van der Waals surface area contributed by atoms with E-state index in [1.165, 1.54) is 11.4 Å². The van der Waals surface area contributed by atoms with E-state index in [-0.39, 0.29) is 18.9 Å². The highest BCUT2D eigenvalue weighted by Crippen LogP contribution is 2.26. The van der Waals surface area contributed by atoms with Crippen molar-refractivity contribution in [2.24, 2.45) is 0 Å². The minimum atomic E-state index is -3.53. The van der Waals surface area contributed by atoms with Crippen molar-refractivity contribution >= 4 is 44.9 Å². The Morgan fingerprint density at radius 2 is 1.79 bits per heavy atom. The minimum Gasteiger partial charge on any atom is -0.465 e. The highest BCUT2D eigenvalue weighted by molar-refractivity contribution is 7.92. The summed E-state index contributed by atoms with van der Waals surface area (Å²) >= 11 is 6.01. The number of rotatable bonds is 8.